The molecule has 0 aliphatic heterocycles. The smallest absolute Gasteiger partial charge is 0.384 e. The summed E-state index contributed by atoms with van der Waals surface area (Å²) in [6.07, 6.45) is 0. The van der Waals surface area contributed by atoms with E-state index in [0.29, 0.717) is 0 Å². The average Bonchev–Trinajstić information content (AvgIpc) is 2.46. The topological polar surface area (TPSA) is 26.3 Å². The predicted octanol–water partition coefficient (Wildman–Crippen LogP) is 2.88. The number of benzene rings is 2. The summed E-state index contributed by atoms with van der Waals surface area (Å²) in [6.45, 7) is 0. The summed E-state index contributed by atoms with van der Waals surface area (Å²) in [5, 5.41) is 0. The number of rotatable bonds is 1. The molecule has 0 amide bonds. The molecule has 0 radical (unpaired) electrons. The fourth-order valence-corrected chi connectivity index (χ4v) is 1.55. The average molecular weight is 236 g/mol. The van der Waals surface area contributed by atoms with Gasteiger partial charge in [0.1, 0.15) is 0 Å². The zero-order chi connectivity index (χ0) is 12.8. The minimum atomic E-state index is -0.526. The highest BCUT2D eigenvalue weighted by molar-refractivity contribution is 5.89. The van der Waals surface area contributed by atoms with E-state index in [2.05, 4.69) is 28.7 Å². The largest absolute Gasteiger partial charge is 0.459 e. The van der Waals surface area contributed by atoms with Crippen molar-refractivity contribution in [1.82, 2.24) is 0 Å². The molecule has 0 saturated heterocycles. The van der Waals surface area contributed by atoms with Crippen molar-refractivity contribution in [2.75, 3.05) is 7.11 Å². The van der Waals surface area contributed by atoms with Crippen LogP contribution in [0.3, 0.4) is 0 Å². The van der Waals surface area contributed by atoms with E-state index in [0.717, 1.165) is 16.7 Å². The molecular weight excluding hydrogens is 224 g/mol. The molecular formula is C16H12O2. The number of carbonyl (C=O) groups is 1. The van der Waals surface area contributed by atoms with E-state index in [4.69, 9.17) is 0 Å². The molecule has 2 aromatic rings. The highest BCUT2D eigenvalue weighted by Crippen LogP contribution is 2.18. The predicted molar refractivity (Wildman–Crippen MR) is 70.8 cm³/mol. The molecule has 0 bridgehead atoms. The summed E-state index contributed by atoms with van der Waals surface area (Å²) in [6, 6.07) is 17.8. The molecule has 0 N–H and O–H groups in total. The lowest BCUT2D eigenvalue weighted by atomic mass is 10.0. The first-order valence-corrected chi connectivity index (χ1v) is 5.55. The van der Waals surface area contributed by atoms with Gasteiger partial charge in [-0.3, -0.25) is 0 Å². The van der Waals surface area contributed by atoms with Crippen LogP contribution in [0.5, 0.6) is 0 Å². The Balaban J connectivity index is 2.20. The Kier molecular flexibility index (Phi) is 3.78. The quantitative estimate of drug-likeness (QED) is 0.562. The number of hydrogen-bond donors (Lipinski definition) is 0. The minimum absolute atomic E-state index is 0.526. The normalized spacial score (nSPS) is 9.17. The zero-order valence-electron chi connectivity index (χ0n) is 10.0. The van der Waals surface area contributed by atoms with Gasteiger partial charge < -0.3 is 4.74 Å². The lowest BCUT2D eigenvalue weighted by Crippen LogP contribution is -1.94. The molecule has 2 rings (SSSR count). The Labute approximate surface area is 106 Å². The molecule has 18 heavy (non-hydrogen) atoms. The first-order valence-electron chi connectivity index (χ1n) is 5.55. The lowest BCUT2D eigenvalue weighted by molar-refractivity contribution is -0.133. The summed E-state index contributed by atoms with van der Waals surface area (Å²) >= 11 is 0. The Hall–Kier alpha value is -2.53. The third-order valence-electron chi connectivity index (χ3n) is 2.49. The zero-order valence-corrected chi connectivity index (χ0v) is 10.0. The van der Waals surface area contributed by atoms with Crippen molar-refractivity contribution in [3.05, 3.63) is 60.2 Å². The fraction of sp³-hybridized carbons (Fsp3) is 0.0625. The van der Waals surface area contributed by atoms with Crippen molar-refractivity contribution in [2.45, 2.75) is 0 Å². The molecule has 0 aliphatic carbocycles. The van der Waals surface area contributed by atoms with Gasteiger partial charge in [0.05, 0.1) is 7.11 Å². The molecule has 2 heteroatoms. The fourth-order valence-electron chi connectivity index (χ4n) is 1.55. The van der Waals surface area contributed by atoms with Crippen LogP contribution in [0.15, 0.2) is 54.6 Å². The van der Waals surface area contributed by atoms with E-state index < -0.39 is 5.97 Å². The van der Waals surface area contributed by atoms with Crippen LogP contribution in [-0.4, -0.2) is 13.1 Å². The van der Waals surface area contributed by atoms with Crippen LogP contribution in [0.2, 0.25) is 0 Å². The van der Waals surface area contributed by atoms with Crippen molar-refractivity contribution in [3.63, 3.8) is 0 Å². The Bertz CT molecular complexity index is 586. The Morgan fingerprint density at radius 1 is 0.944 bits per heavy atom. The third-order valence-corrected chi connectivity index (χ3v) is 2.49. The standard InChI is InChI=1S/C16H12O2/c1-18-16(17)12-9-13-7-10-15(11-8-13)14-5-3-2-4-6-14/h2-8,10-11H,1H3. The SMILES string of the molecule is COC(=O)C#Cc1ccc(-c2ccccc2)cc1. The van der Waals surface area contributed by atoms with E-state index >= 15 is 0 Å². The Morgan fingerprint density at radius 2 is 1.56 bits per heavy atom. The van der Waals surface area contributed by atoms with E-state index in [1.807, 2.05) is 42.5 Å². The lowest BCUT2D eigenvalue weighted by Gasteiger charge is -2.00. The van der Waals surface area contributed by atoms with Crippen molar-refractivity contribution < 1.29 is 9.53 Å². The monoisotopic (exact) mass is 236 g/mol. The van der Waals surface area contributed by atoms with Gasteiger partial charge in [-0.25, -0.2) is 4.79 Å². The van der Waals surface area contributed by atoms with E-state index in [1.165, 1.54) is 7.11 Å². The number of methoxy groups -OCH3 is 1. The van der Waals surface area contributed by atoms with E-state index in [9.17, 15) is 4.79 Å². The van der Waals surface area contributed by atoms with Crippen molar-refractivity contribution in [3.8, 4) is 23.0 Å². The molecule has 0 saturated carbocycles. The summed E-state index contributed by atoms with van der Waals surface area (Å²) in [4.78, 5) is 10.9. The van der Waals surface area contributed by atoms with Gasteiger partial charge in [-0.1, -0.05) is 48.4 Å². The number of carbonyl (C=O) groups excluding carboxylic acids is 1. The molecule has 2 nitrogen and oxygen atoms in total. The molecule has 2 aromatic carbocycles. The number of hydrogen-bond acceptors (Lipinski definition) is 2. The van der Waals surface area contributed by atoms with Crippen LogP contribution in [0.4, 0.5) is 0 Å². The minimum Gasteiger partial charge on any atom is -0.459 e. The van der Waals surface area contributed by atoms with Gasteiger partial charge in [0.25, 0.3) is 0 Å². The summed E-state index contributed by atoms with van der Waals surface area (Å²) < 4.78 is 4.45. The van der Waals surface area contributed by atoms with Gasteiger partial charge in [0.15, 0.2) is 0 Å². The van der Waals surface area contributed by atoms with Gasteiger partial charge >= 0.3 is 5.97 Å². The van der Waals surface area contributed by atoms with Gasteiger partial charge in [-0.2, -0.15) is 0 Å². The second-order valence-electron chi connectivity index (χ2n) is 3.68. The van der Waals surface area contributed by atoms with Crippen molar-refractivity contribution >= 4 is 5.97 Å². The van der Waals surface area contributed by atoms with Crippen LogP contribution in [0.1, 0.15) is 5.56 Å². The molecule has 0 unspecified atom stereocenters. The second-order valence-corrected chi connectivity index (χ2v) is 3.68. The first kappa shape index (κ1) is 11.9. The third kappa shape index (κ3) is 2.99. The Morgan fingerprint density at radius 3 is 2.17 bits per heavy atom. The van der Waals surface area contributed by atoms with Crippen LogP contribution in [-0.2, 0) is 9.53 Å². The highest BCUT2D eigenvalue weighted by atomic mass is 16.5. The molecule has 0 heterocycles. The van der Waals surface area contributed by atoms with E-state index in [-0.39, 0.29) is 0 Å². The van der Waals surface area contributed by atoms with Crippen molar-refractivity contribution in [1.29, 1.82) is 0 Å². The van der Waals surface area contributed by atoms with Crippen LogP contribution < -0.4 is 0 Å². The van der Waals surface area contributed by atoms with Gasteiger partial charge in [-0.15, -0.1) is 0 Å². The van der Waals surface area contributed by atoms with Gasteiger partial charge in [0.2, 0.25) is 0 Å². The van der Waals surface area contributed by atoms with Gasteiger partial charge in [-0.05, 0) is 23.3 Å². The van der Waals surface area contributed by atoms with Crippen LogP contribution in [0.25, 0.3) is 11.1 Å². The maximum absolute atomic E-state index is 10.9. The molecule has 88 valence electrons. The summed E-state index contributed by atoms with van der Waals surface area (Å²) in [5.74, 6) is 4.62. The van der Waals surface area contributed by atoms with Crippen LogP contribution >= 0.6 is 0 Å². The first-order chi connectivity index (χ1) is 8.79. The molecule has 0 fully saturated rings. The molecule has 0 aromatic heterocycles. The summed E-state index contributed by atoms with van der Waals surface area (Å²) in [7, 11) is 1.31. The highest BCUT2D eigenvalue weighted by Gasteiger charge is 1.96. The number of esters is 1. The molecule has 0 spiro atoms. The second kappa shape index (κ2) is 5.70. The van der Waals surface area contributed by atoms with Gasteiger partial charge in [0, 0.05) is 11.5 Å². The van der Waals surface area contributed by atoms with Crippen LogP contribution in [0, 0.1) is 11.8 Å². The maximum Gasteiger partial charge on any atom is 0.384 e. The summed E-state index contributed by atoms with van der Waals surface area (Å²) in [5.41, 5.74) is 3.07. The maximum atomic E-state index is 10.9. The molecule has 0 atom stereocenters. The molecule has 0 aliphatic rings. The van der Waals surface area contributed by atoms with Crippen molar-refractivity contribution in [2.24, 2.45) is 0 Å². The number of ether oxygens (including phenoxy) is 1. The van der Waals surface area contributed by atoms with E-state index in [1.54, 1.807) is 0 Å².